The molecule has 10 aromatic rings. The van der Waals surface area contributed by atoms with Gasteiger partial charge in [0, 0.05) is 33.2 Å². The van der Waals surface area contributed by atoms with Gasteiger partial charge in [-0.25, -0.2) is 15.0 Å². The van der Waals surface area contributed by atoms with Crippen molar-refractivity contribution >= 4 is 21.9 Å². The van der Waals surface area contributed by atoms with Gasteiger partial charge in [-0.3, -0.25) is 0 Å². The summed E-state index contributed by atoms with van der Waals surface area (Å²) in [5, 5.41) is 1.79. The number of rotatable bonds is 4. The molecule has 0 saturated carbocycles. The van der Waals surface area contributed by atoms with Crippen LogP contribution in [0.4, 0.5) is 0 Å². The highest BCUT2D eigenvalue weighted by Crippen LogP contribution is 2.63. The van der Waals surface area contributed by atoms with Crippen LogP contribution in [0.25, 0.3) is 78.4 Å². The Morgan fingerprint density at radius 1 is 0.333 bits per heavy atom. The fourth-order valence-corrected chi connectivity index (χ4v) is 9.19. The summed E-state index contributed by atoms with van der Waals surface area (Å²) in [6, 6.07) is 65.3. The Hall–Kier alpha value is -7.63. The van der Waals surface area contributed by atoms with Gasteiger partial charge in [-0.15, -0.1) is 0 Å². The van der Waals surface area contributed by atoms with E-state index in [0.29, 0.717) is 17.5 Å². The molecule has 0 radical (unpaired) electrons. The quantitative estimate of drug-likeness (QED) is 0.180. The van der Waals surface area contributed by atoms with Crippen LogP contribution in [-0.2, 0) is 5.41 Å². The second-order valence-electron chi connectivity index (χ2n) is 14.7. The zero-order valence-electron chi connectivity index (χ0n) is 30.6. The molecule has 5 heteroatoms. The van der Waals surface area contributed by atoms with E-state index in [0.717, 1.165) is 72.4 Å². The number of ether oxygens (including phenoxy) is 1. The zero-order chi connectivity index (χ0) is 37.5. The first-order valence-corrected chi connectivity index (χ1v) is 19.2. The van der Waals surface area contributed by atoms with Gasteiger partial charge >= 0.3 is 0 Å². The summed E-state index contributed by atoms with van der Waals surface area (Å²) >= 11 is 0. The summed E-state index contributed by atoms with van der Waals surface area (Å²) in [6.45, 7) is 0. The molecule has 0 bridgehead atoms. The van der Waals surface area contributed by atoms with Crippen molar-refractivity contribution in [3.8, 4) is 67.9 Å². The predicted octanol–water partition coefficient (Wildman–Crippen LogP) is 12.9. The Morgan fingerprint density at radius 3 is 1.54 bits per heavy atom. The molecule has 0 fully saturated rings. The van der Waals surface area contributed by atoms with E-state index >= 15 is 0 Å². The molecule has 1 aliphatic heterocycles. The van der Waals surface area contributed by atoms with Crippen LogP contribution < -0.4 is 4.74 Å². The minimum atomic E-state index is -0.600. The molecule has 0 atom stereocenters. The zero-order valence-corrected chi connectivity index (χ0v) is 30.6. The fourth-order valence-electron chi connectivity index (χ4n) is 9.19. The lowest BCUT2D eigenvalue weighted by Gasteiger charge is -2.39. The third-order valence-corrected chi connectivity index (χ3v) is 11.6. The smallest absolute Gasteiger partial charge is 0.164 e. The van der Waals surface area contributed by atoms with Crippen molar-refractivity contribution in [1.29, 1.82) is 0 Å². The summed E-state index contributed by atoms with van der Waals surface area (Å²) in [5.74, 6) is 3.34. The lowest BCUT2D eigenvalue weighted by Crippen LogP contribution is -2.32. The summed E-state index contributed by atoms with van der Waals surface area (Å²) in [6.07, 6.45) is 0. The van der Waals surface area contributed by atoms with Gasteiger partial charge in [0.2, 0.25) is 0 Å². The molecule has 0 unspecified atom stereocenters. The van der Waals surface area contributed by atoms with Crippen LogP contribution in [0, 0.1) is 0 Å². The third kappa shape index (κ3) is 4.60. The van der Waals surface area contributed by atoms with Crippen molar-refractivity contribution in [2.45, 2.75) is 5.41 Å². The van der Waals surface area contributed by atoms with Crippen molar-refractivity contribution in [1.82, 2.24) is 15.0 Å². The SMILES string of the molecule is c1ccc(-c2ccc(-c3nc(-c4ccccc4)nc(-c4cccc5oc6ccc7c(c6c45)Oc4ccccc4C74c5ccccc5-c5ccccc54)n3)cc2)cc1. The van der Waals surface area contributed by atoms with Gasteiger partial charge in [0.05, 0.1) is 10.8 Å². The summed E-state index contributed by atoms with van der Waals surface area (Å²) < 4.78 is 13.8. The van der Waals surface area contributed by atoms with Crippen LogP contribution in [0.1, 0.15) is 22.3 Å². The Balaban J connectivity index is 1.12. The highest BCUT2D eigenvalue weighted by molar-refractivity contribution is 6.15. The van der Waals surface area contributed by atoms with Gasteiger partial charge in [-0.1, -0.05) is 164 Å². The van der Waals surface area contributed by atoms with Crippen LogP contribution in [0.5, 0.6) is 11.5 Å². The number of hydrogen-bond acceptors (Lipinski definition) is 5. The van der Waals surface area contributed by atoms with Crippen LogP contribution in [0.3, 0.4) is 0 Å². The molecule has 1 spiro atoms. The minimum absolute atomic E-state index is 0.555. The van der Waals surface area contributed by atoms with Crippen molar-refractivity contribution < 1.29 is 9.15 Å². The molecule has 8 aromatic carbocycles. The fraction of sp³-hybridized carbons (Fsp3) is 0.0192. The second kappa shape index (κ2) is 12.2. The molecule has 2 aliphatic rings. The molecule has 0 N–H and O–H groups in total. The number of fused-ring (bicyclic) bond motifs is 13. The van der Waals surface area contributed by atoms with Crippen LogP contribution in [0.2, 0.25) is 0 Å². The number of hydrogen-bond donors (Lipinski definition) is 0. The van der Waals surface area contributed by atoms with E-state index in [9.17, 15) is 0 Å². The number of furan rings is 1. The maximum atomic E-state index is 7.09. The third-order valence-electron chi connectivity index (χ3n) is 11.6. The van der Waals surface area contributed by atoms with Gasteiger partial charge in [0.25, 0.3) is 0 Å². The average Bonchev–Trinajstić information content (AvgIpc) is 3.82. The van der Waals surface area contributed by atoms with E-state index in [1.165, 1.54) is 22.3 Å². The van der Waals surface area contributed by atoms with Gasteiger partial charge in [0.1, 0.15) is 22.7 Å². The first-order chi connectivity index (χ1) is 28.3. The van der Waals surface area contributed by atoms with Crippen molar-refractivity contribution in [3.63, 3.8) is 0 Å². The maximum absolute atomic E-state index is 7.09. The van der Waals surface area contributed by atoms with Gasteiger partial charge in [-0.2, -0.15) is 0 Å². The topological polar surface area (TPSA) is 61.0 Å². The minimum Gasteiger partial charge on any atom is -0.456 e. The molecule has 266 valence electrons. The lowest BCUT2D eigenvalue weighted by molar-refractivity contribution is 0.441. The van der Waals surface area contributed by atoms with E-state index < -0.39 is 5.41 Å². The van der Waals surface area contributed by atoms with Crippen molar-refractivity contribution in [2.75, 3.05) is 0 Å². The molecule has 5 nitrogen and oxygen atoms in total. The van der Waals surface area contributed by atoms with Crippen LogP contribution in [0.15, 0.2) is 192 Å². The molecule has 12 rings (SSSR count). The van der Waals surface area contributed by atoms with Crippen molar-refractivity contribution in [3.05, 3.63) is 210 Å². The van der Waals surface area contributed by atoms with Crippen LogP contribution in [-0.4, -0.2) is 15.0 Å². The van der Waals surface area contributed by atoms with Gasteiger partial charge in [0.15, 0.2) is 17.5 Å². The number of para-hydroxylation sites is 1. The molecule has 3 heterocycles. The maximum Gasteiger partial charge on any atom is 0.164 e. The predicted molar refractivity (Wildman–Crippen MR) is 226 cm³/mol. The molecule has 2 aromatic heterocycles. The molecule has 57 heavy (non-hydrogen) atoms. The van der Waals surface area contributed by atoms with Crippen LogP contribution >= 0.6 is 0 Å². The monoisotopic (exact) mass is 729 g/mol. The summed E-state index contributed by atoms with van der Waals surface area (Å²) in [4.78, 5) is 15.4. The summed E-state index contributed by atoms with van der Waals surface area (Å²) in [5.41, 5.74) is 12.9. The first kappa shape index (κ1) is 31.7. The van der Waals surface area contributed by atoms with Crippen molar-refractivity contribution in [2.24, 2.45) is 0 Å². The normalized spacial score (nSPS) is 13.2. The number of benzene rings is 8. The largest absolute Gasteiger partial charge is 0.456 e. The van der Waals surface area contributed by atoms with Gasteiger partial charge in [-0.05, 0) is 57.6 Å². The first-order valence-electron chi connectivity index (χ1n) is 19.2. The van der Waals surface area contributed by atoms with E-state index in [2.05, 4.69) is 133 Å². The molecule has 0 amide bonds. The Bertz CT molecular complexity index is 3160. The highest BCUT2D eigenvalue weighted by Gasteiger charge is 2.51. The Kier molecular flexibility index (Phi) is 6.78. The lowest BCUT2D eigenvalue weighted by atomic mass is 9.66. The van der Waals surface area contributed by atoms with Gasteiger partial charge < -0.3 is 9.15 Å². The molecular formula is C52H31N3O2. The molecule has 1 aliphatic carbocycles. The van der Waals surface area contributed by atoms with E-state index in [1.54, 1.807) is 0 Å². The Morgan fingerprint density at radius 2 is 0.842 bits per heavy atom. The van der Waals surface area contributed by atoms with E-state index in [-0.39, 0.29) is 0 Å². The number of nitrogens with zero attached hydrogens (tertiary/aromatic N) is 3. The number of aromatic nitrogens is 3. The molecule has 0 saturated heterocycles. The van der Waals surface area contributed by atoms with E-state index in [1.807, 2.05) is 54.6 Å². The van der Waals surface area contributed by atoms with E-state index in [4.69, 9.17) is 24.1 Å². The Labute approximate surface area is 328 Å². The highest BCUT2D eigenvalue weighted by atomic mass is 16.5. The standard InChI is InChI=1S/C52H31N3O2/c1-3-14-32(15-4-1)33-26-28-35(29-27-33)50-53-49(34-16-5-2-6-17-34)54-51(55-50)38-20-13-25-44-46(38)47-45(56-44)31-30-42-48(47)57-43-24-12-11-23-41(43)52(42)39-21-9-7-18-36(39)37-19-8-10-22-40(37)52/h1-31H. The molecular weight excluding hydrogens is 699 g/mol. The average molecular weight is 730 g/mol. The second-order valence-corrected chi connectivity index (χ2v) is 14.7. The summed E-state index contributed by atoms with van der Waals surface area (Å²) in [7, 11) is 0.